The maximum atomic E-state index is 11.3. The van der Waals surface area contributed by atoms with Gasteiger partial charge in [-0.25, -0.2) is 8.37 Å². The molecule has 2 rings (SSSR count). The van der Waals surface area contributed by atoms with E-state index in [2.05, 4.69) is 8.37 Å². The molecule has 2 aliphatic heterocycles. The molecular formula is C12H22O17S2. The van der Waals surface area contributed by atoms with E-state index in [9.17, 15) is 47.5 Å². The third-order valence-corrected chi connectivity index (χ3v) is 5.48. The lowest BCUT2D eigenvalue weighted by Crippen LogP contribution is -2.72. The standard InChI is InChI=1S/C12H22O17S2/c13-3-11(9(18)7(17)5(15)1-25-11)27-10-8(28-30(19,20)21)6(16)2-26-12(10,4-14)29-31(22,23)24/h5-10,13-18H,1-4H2,(H,19,20,21)(H,22,23,24)/t5-,6-,7-,8-,9+,10+,11-,12-/m0/s1. The molecule has 17 nitrogen and oxygen atoms in total. The van der Waals surface area contributed by atoms with Crippen molar-refractivity contribution in [3.05, 3.63) is 0 Å². The second-order valence-corrected chi connectivity index (χ2v) is 8.74. The molecule has 0 amide bonds. The summed E-state index contributed by atoms with van der Waals surface area (Å²) in [6, 6.07) is 0. The Kier molecular flexibility index (Phi) is 8.01. The molecule has 8 N–H and O–H groups in total. The second-order valence-electron chi connectivity index (χ2n) is 6.67. The highest BCUT2D eigenvalue weighted by Gasteiger charge is 2.62. The Labute approximate surface area is 175 Å². The number of aliphatic hydroxyl groups is 6. The number of rotatable bonds is 8. The minimum atomic E-state index is -5.48. The van der Waals surface area contributed by atoms with Crippen LogP contribution in [0.25, 0.3) is 0 Å². The molecule has 0 aromatic heterocycles. The van der Waals surface area contributed by atoms with E-state index in [0.717, 1.165) is 0 Å². The summed E-state index contributed by atoms with van der Waals surface area (Å²) >= 11 is 0. The lowest BCUT2D eigenvalue weighted by molar-refractivity contribution is -0.412. The topological polar surface area (TPSA) is 276 Å². The van der Waals surface area contributed by atoms with Gasteiger partial charge in [0.05, 0.1) is 13.2 Å². The molecule has 0 radical (unpaired) electrons. The molecule has 0 aliphatic carbocycles. The average molecular weight is 502 g/mol. The summed E-state index contributed by atoms with van der Waals surface area (Å²) in [5, 5.41) is 59.2. The molecule has 2 saturated heterocycles. The van der Waals surface area contributed by atoms with E-state index >= 15 is 0 Å². The van der Waals surface area contributed by atoms with Gasteiger partial charge >= 0.3 is 20.8 Å². The van der Waals surface area contributed by atoms with Crippen LogP contribution < -0.4 is 0 Å². The Balaban J connectivity index is 2.58. The summed E-state index contributed by atoms with van der Waals surface area (Å²) in [5.74, 6) is -5.83. The van der Waals surface area contributed by atoms with Crippen LogP contribution in [-0.4, -0.2) is 131 Å². The molecule has 8 atom stereocenters. The molecule has 2 fully saturated rings. The Morgan fingerprint density at radius 2 is 1.35 bits per heavy atom. The zero-order valence-corrected chi connectivity index (χ0v) is 17.0. The van der Waals surface area contributed by atoms with Crippen LogP contribution in [0.15, 0.2) is 0 Å². The van der Waals surface area contributed by atoms with Crippen LogP contribution in [0.4, 0.5) is 0 Å². The number of aliphatic hydroxyl groups excluding tert-OH is 6. The Morgan fingerprint density at radius 1 is 0.839 bits per heavy atom. The molecular weight excluding hydrogens is 480 g/mol. The monoisotopic (exact) mass is 502 g/mol. The van der Waals surface area contributed by atoms with Crippen LogP contribution in [-0.2, 0) is 43.4 Å². The first-order chi connectivity index (χ1) is 14.1. The van der Waals surface area contributed by atoms with E-state index in [4.69, 9.17) is 23.3 Å². The number of hydrogen-bond acceptors (Lipinski definition) is 15. The largest absolute Gasteiger partial charge is 0.400 e. The van der Waals surface area contributed by atoms with Crippen molar-refractivity contribution in [1.29, 1.82) is 0 Å². The summed E-state index contributed by atoms with van der Waals surface area (Å²) in [6.07, 6.45) is -12.8. The molecule has 2 heterocycles. The van der Waals surface area contributed by atoms with E-state index in [1.54, 1.807) is 0 Å². The van der Waals surface area contributed by atoms with E-state index in [-0.39, 0.29) is 0 Å². The first-order valence-corrected chi connectivity index (χ1v) is 11.1. The van der Waals surface area contributed by atoms with Crippen molar-refractivity contribution in [1.82, 2.24) is 0 Å². The minimum absolute atomic E-state index is 0.774. The van der Waals surface area contributed by atoms with Crippen molar-refractivity contribution in [2.45, 2.75) is 48.2 Å². The fourth-order valence-corrected chi connectivity index (χ4v) is 4.12. The quantitative estimate of drug-likeness (QED) is 0.143. The van der Waals surface area contributed by atoms with Gasteiger partial charge in [0.15, 0.2) is 0 Å². The van der Waals surface area contributed by atoms with Gasteiger partial charge < -0.3 is 44.8 Å². The van der Waals surface area contributed by atoms with Gasteiger partial charge in [-0.15, -0.1) is 0 Å². The number of hydrogen-bond donors (Lipinski definition) is 8. The van der Waals surface area contributed by atoms with Crippen LogP contribution >= 0.6 is 0 Å². The third kappa shape index (κ3) is 5.85. The molecule has 0 saturated carbocycles. The second kappa shape index (κ2) is 9.32. The summed E-state index contributed by atoms with van der Waals surface area (Å²) < 4.78 is 86.8. The average Bonchev–Trinajstić information content (AvgIpc) is 2.65. The third-order valence-electron chi connectivity index (χ3n) is 4.52. The fourth-order valence-electron chi connectivity index (χ4n) is 3.06. The highest BCUT2D eigenvalue weighted by atomic mass is 32.3. The smallest absolute Gasteiger partial charge is 0.391 e. The van der Waals surface area contributed by atoms with Crippen molar-refractivity contribution in [3.8, 4) is 0 Å². The van der Waals surface area contributed by atoms with Gasteiger partial charge in [-0.1, -0.05) is 0 Å². The molecule has 31 heavy (non-hydrogen) atoms. The summed E-state index contributed by atoms with van der Waals surface area (Å²) in [4.78, 5) is 0. The van der Waals surface area contributed by atoms with Crippen molar-refractivity contribution in [2.75, 3.05) is 26.4 Å². The fraction of sp³-hybridized carbons (Fsp3) is 1.00. The van der Waals surface area contributed by atoms with Gasteiger partial charge in [0.2, 0.25) is 11.6 Å². The zero-order chi connectivity index (χ0) is 23.8. The van der Waals surface area contributed by atoms with Crippen LogP contribution in [0.2, 0.25) is 0 Å². The molecule has 19 heteroatoms. The maximum Gasteiger partial charge on any atom is 0.400 e. The van der Waals surface area contributed by atoms with Crippen LogP contribution in [0.3, 0.4) is 0 Å². The predicted molar refractivity (Wildman–Crippen MR) is 89.5 cm³/mol. The zero-order valence-electron chi connectivity index (χ0n) is 15.4. The van der Waals surface area contributed by atoms with Gasteiger partial charge in [0.25, 0.3) is 0 Å². The van der Waals surface area contributed by atoms with Crippen LogP contribution in [0.1, 0.15) is 0 Å². The molecule has 0 aromatic rings. The molecule has 0 aromatic carbocycles. The van der Waals surface area contributed by atoms with Crippen molar-refractivity contribution in [2.24, 2.45) is 0 Å². The molecule has 184 valence electrons. The molecule has 0 spiro atoms. The maximum absolute atomic E-state index is 11.3. The van der Waals surface area contributed by atoms with Gasteiger partial charge in [-0.05, 0) is 0 Å². The SMILES string of the molecule is O=S(=O)(O)O[C@@H]1[C@@H](O[C@]2(CO)OC[C@H](O)[C@H](O)[C@H]2O)[C@](CO)(OS(=O)(=O)O)OC[C@@H]1O. The first-order valence-electron chi connectivity index (χ1n) is 8.33. The predicted octanol–water partition coefficient (Wildman–Crippen LogP) is -5.74. The van der Waals surface area contributed by atoms with Gasteiger partial charge in [-0.2, -0.15) is 16.8 Å². The summed E-state index contributed by atoms with van der Waals surface area (Å²) in [7, 11) is -10.9. The highest BCUT2D eigenvalue weighted by Crippen LogP contribution is 2.38. The Hall–Kier alpha value is -0.620. The normalized spacial score (nSPS) is 42.5. The van der Waals surface area contributed by atoms with Crippen LogP contribution in [0, 0.1) is 0 Å². The van der Waals surface area contributed by atoms with Crippen molar-refractivity contribution in [3.63, 3.8) is 0 Å². The highest BCUT2D eigenvalue weighted by molar-refractivity contribution is 7.81. The summed E-state index contributed by atoms with van der Waals surface area (Å²) in [5.41, 5.74) is 0. The van der Waals surface area contributed by atoms with E-state index < -0.39 is 95.4 Å². The van der Waals surface area contributed by atoms with E-state index in [0.29, 0.717) is 0 Å². The Morgan fingerprint density at radius 3 is 1.84 bits per heavy atom. The first kappa shape index (κ1) is 26.6. The van der Waals surface area contributed by atoms with Gasteiger partial charge in [-0.3, -0.25) is 9.11 Å². The Bertz CT molecular complexity index is 830. The lowest BCUT2D eigenvalue weighted by atomic mass is 9.93. The van der Waals surface area contributed by atoms with Crippen molar-refractivity contribution < 1.29 is 79.2 Å². The number of ether oxygens (including phenoxy) is 3. The molecule has 2 aliphatic rings. The minimum Gasteiger partial charge on any atom is -0.391 e. The van der Waals surface area contributed by atoms with E-state index in [1.165, 1.54) is 0 Å². The molecule has 0 unspecified atom stereocenters. The van der Waals surface area contributed by atoms with Crippen molar-refractivity contribution >= 4 is 20.8 Å². The molecule has 0 bridgehead atoms. The summed E-state index contributed by atoms with van der Waals surface area (Å²) in [6.45, 7) is -4.63. The lowest BCUT2D eigenvalue weighted by Gasteiger charge is -2.51. The van der Waals surface area contributed by atoms with Crippen LogP contribution in [0.5, 0.6) is 0 Å². The van der Waals surface area contributed by atoms with Gasteiger partial charge in [0, 0.05) is 0 Å². The van der Waals surface area contributed by atoms with E-state index in [1.807, 2.05) is 0 Å². The van der Waals surface area contributed by atoms with Gasteiger partial charge in [0.1, 0.15) is 49.8 Å².